The monoisotopic (exact) mass is 341 g/mol. The van der Waals surface area contributed by atoms with Crippen molar-refractivity contribution in [2.24, 2.45) is 0 Å². The summed E-state index contributed by atoms with van der Waals surface area (Å²) in [7, 11) is 0. The summed E-state index contributed by atoms with van der Waals surface area (Å²) in [5.41, 5.74) is 2.28. The van der Waals surface area contributed by atoms with Crippen LogP contribution in [0.2, 0.25) is 0 Å². The first-order valence-corrected chi connectivity index (χ1v) is 9.42. The van der Waals surface area contributed by atoms with Crippen LogP contribution in [-0.2, 0) is 25.9 Å². The SMILES string of the molecule is O=c1cc2c(nn1CC1CCCN1Cc1nnc(C3CC3)o1)CCC2. The number of fused-ring (bicyclic) bond motifs is 1. The highest BCUT2D eigenvalue weighted by Gasteiger charge is 2.31. The van der Waals surface area contributed by atoms with Gasteiger partial charge in [-0.1, -0.05) is 0 Å². The molecule has 0 N–H and O–H groups in total. The van der Waals surface area contributed by atoms with E-state index in [4.69, 9.17) is 4.42 Å². The van der Waals surface area contributed by atoms with E-state index in [1.165, 1.54) is 12.8 Å². The molecule has 2 fully saturated rings. The molecule has 1 atom stereocenters. The van der Waals surface area contributed by atoms with Gasteiger partial charge in [-0.3, -0.25) is 9.69 Å². The Balaban J connectivity index is 1.30. The third-order valence-corrected chi connectivity index (χ3v) is 5.65. The van der Waals surface area contributed by atoms with E-state index >= 15 is 0 Å². The van der Waals surface area contributed by atoms with Gasteiger partial charge in [-0.25, -0.2) is 4.68 Å². The number of aromatic nitrogens is 4. The van der Waals surface area contributed by atoms with Gasteiger partial charge in [-0.15, -0.1) is 10.2 Å². The van der Waals surface area contributed by atoms with E-state index in [0.717, 1.165) is 55.8 Å². The molecule has 0 radical (unpaired) electrons. The van der Waals surface area contributed by atoms with Crippen LogP contribution in [0.25, 0.3) is 0 Å². The number of aryl methyl sites for hydroxylation is 2. The lowest BCUT2D eigenvalue weighted by Gasteiger charge is -2.23. The zero-order chi connectivity index (χ0) is 16.8. The standard InChI is InChI=1S/C18H23N5O2/c24-17-9-13-3-1-5-15(13)21-23(17)10-14-4-2-8-22(14)11-16-19-20-18(25-16)12-6-7-12/h9,12,14H,1-8,10-11H2. The molecule has 0 spiro atoms. The van der Waals surface area contributed by atoms with Crippen molar-refractivity contribution in [3.05, 3.63) is 39.5 Å². The topological polar surface area (TPSA) is 77.1 Å². The summed E-state index contributed by atoms with van der Waals surface area (Å²) in [5.74, 6) is 1.98. The summed E-state index contributed by atoms with van der Waals surface area (Å²) in [6, 6.07) is 2.09. The summed E-state index contributed by atoms with van der Waals surface area (Å²) < 4.78 is 7.47. The van der Waals surface area contributed by atoms with Crippen LogP contribution in [0, 0.1) is 0 Å². The molecule has 1 saturated carbocycles. The van der Waals surface area contributed by atoms with E-state index in [2.05, 4.69) is 20.2 Å². The fourth-order valence-electron chi connectivity index (χ4n) is 4.08. The molecule has 0 aromatic carbocycles. The highest BCUT2D eigenvalue weighted by atomic mass is 16.4. The molecule has 2 aliphatic carbocycles. The van der Waals surface area contributed by atoms with E-state index in [-0.39, 0.29) is 5.56 Å². The summed E-state index contributed by atoms with van der Waals surface area (Å²) in [4.78, 5) is 14.7. The van der Waals surface area contributed by atoms with E-state index < -0.39 is 0 Å². The fourth-order valence-corrected chi connectivity index (χ4v) is 4.08. The maximum absolute atomic E-state index is 12.4. The number of likely N-dealkylation sites (tertiary alicyclic amines) is 1. The normalized spacial score (nSPS) is 23.3. The number of nitrogens with zero attached hydrogens (tertiary/aromatic N) is 5. The molecule has 132 valence electrons. The van der Waals surface area contributed by atoms with E-state index in [0.29, 0.717) is 30.9 Å². The van der Waals surface area contributed by atoms with Gasteiger partial charge in [0.25, 0.3) is 5.56 Å². The van der Waals surface area contributed by atoms with E-state index in [1.54, 1.807) is 10.7 Å². The average Bonchev–Trinajstić information content (AvgIpc) is 2.98. The van der Waals surface area contributed by atoms with Gasteiger partial charge in [0.15, 0.2) is 0 Å². The van der Waals surface area contributed by atoms with Crippen molar-refractivity contribution in [3.63, 3.8) is 0 Å². The first-order valence-electron chi connectivity index (χ1n) is 9.42. The lowest BCUT2D eigenvalue weighted by atomic mass is 10.2. The van der Waals surface area contributed by atoms with Gasteiger partial charge in [-0.05, 0) is 57.1 Å². The molecule has 3 heterocycles. The Morgan fingerprint density at radius 2 is 2.08 bits per heavy atom. The van der Waals surface area contributed by atoms with Crippen molar-refractivity contribution < 1.29 is 4.42 Å². The van der Waals surface area contributed by atoms with Crippen LogP contribution >= 0.6 is 0 Å². The minimum Gasteiger partial charge on any atom is -0.424 e. The van der Waals surface area contributed by atoms with Gasteiger partial charge in [0.1, 0.15) is 0 Å². The summed E-state index contributed by atoms with van der Waals surface area (Å²) in [6.45, 7) is 2.32. The molecule has 1 unspecified atom stereocenters. The molecule has 0 amide bonds. The average molecular weight is 341 g/mol. The Bertz CT molecular complexity index is 838. The van der Waals surface area contributed by atoms with Crippen molar-refractivity contribution in [3.8, 4) is 0 Å². The molecule has 1 aliphatic heterocycles. The Hall–Kier alpha value is -2.02. The predicted molar refractivity (Wildman–Crippen MR) is 90.2 cm³/mol. The third kappa shape index (κ3) is 3.01. The van der Waals surface area contributed by atoms with E-state index in [9.17, 15) is 4.79 Å². The smallest absolute Gasteiger partial charge is 0.267 e. The quantitative estimate of drug-likeness (QED) is 0.823. The fraction of sp³-hybridized carbons (Fsp3) is 0.667. The molecule has 7 nitrogen and oxygen atoms in total. The molecule has 25 heavy (non-hydrogen) atoms. The molecular formula is C18H23N5O2. The van der Waals surface area contributed by atoms with Gasteiger partial charge >= 0.3 is 0 Å². The van der Waals surface area contributed by atoms with Gasteiger partial charge in [0, 0.05) is 18.0 Å². The maximum Gasteiger partial charge on any atom is 0.267 e. The van der Waals surface area contributed by atoms with Crippen LogP contribution in [0.1, 0.15) is 61.1 Å². The molecule has 5 rings (SSSR count). The van der Waals surface area contributed by atoms with Crippen LogP contribution < -0.4 is 5.56 Å². The molecule has 0 bridgehead atoms. The Morgan fingerprint density at radius 1 is 1.16 bits per heavy atom. The highest BCUT2D eigenvalue weighted by molar-refractivity contribution is 5.22. The van der Waals surface area contributed by atoms with Crippen molar-refractivity contribution in [1.82, 2.24) is 24.9 Å². The zero-order valence-corrected chi connectivity index (χ0v) is 14.4. The second-order valence-electron chi connectivity index (χ2n) is 7.57. The molecule has 3 aliphatic rings. The van der Waals surface area contributed by atoms with Crippen LogP contribution in [0.3, 0.4) is 0 Å². The van der Waals surface area contributed by atoms with Crippen molar-refractivity contribution in [2.45, 2.75) is 70.0 Å². The lowest BCUT2D eigenvalue weighted by Crippen LogP contribution is -2.37. The van der Waals surface area contributed by atoms with Crippen LogP contribution in [-0.4, -0.2) is 37.5 Å². The van der Waals surface area contributed by atoms with Crippen LogP contribution in [0.5, 0.6) is 0 Å². The highest BCUT2D eigenvalue weighted by Crippen LogP contribution is 2.39. The van der Waals surface area contributed by atoms with Gasteiger partial charge in [0.2, 0.25) is 11.8 Å². The van der Waals surface area contributed by atoms with Gasteiger partial charge < -0.3 is 4.42 Å². The number of rotatable bonds is 5. The second kappa shape index (κ2) is 6.05. The first-order chi connectivity index (χ1) is 12.3. The Kier molecular flexibility index (Phi) is 3.69. The Labute approximate surface area is 146 Å². The summed E-state index contributed by atoms with van der Waals surface area (Å²) in [5, 5.41) is 13.0. The molecule has 7 heteroatoms. The largest absolute Gasteiger partial charge is 0.424 e. The Morgan fingerprint density at radius 3 is 2.96 bits per heavy atom. The predicted octanol–water partition coefficient (Wildman–Crippen LogP) is 1.66. The van der Waals surface area contributed by atoms with E-state index in [1.807, 2.05) is 0 Å². The summed E-state index contributed by atoms with van der Waals surface area (Å²) >= 11 is 0. The van der Waals surface area contributed by atoms with Gasteiger partial charge in [0.05, 0.1) is 18.8 Å². The van der Waals surface area contributed by atoms with Crippen LogP contribution in [0.4, 0.5) is 0 Å². The van der Waals surface area contributed by atoms with Crippen molar-refractivity contribution in [2.75, 3.05) is 6.54 Å². The molecule has 2 aromatic heterocycles. The minimum absolute atomic E-state index is 0.0290. The van der Waals surface area contributed by atoms with Crippen LogP contribution in [0.15, 0.2) is 15.3 Å². The molecule has 2 aromatic rings. The first kappa shape index (κ1) is 15.3. The minimum atomic E-state index is 0.0290. The summed E-state index contributed by atoms with van der Waals surface area (Å²) in [6.07, 6.45) is 7.65. The molecule has 1 saturated heterocycles. The van der Waals surface area contributed by atoms with Gasteiger partial charge in [-0.2, -0.15) is 5.10 Å². The third-order valence-electron chi connectivity index (χ3n) is 5.65. The maximum atomic E-state index is 12.4. The lowest BCUT2D eigenvalue weighted by molar-refractivity contribution is 0.196. The zero-order valence-electron chi connectivity index (χ0n) is 14.4. The second-order valence-corrected chi connectivity index (χ2v) is 7.57. The molecular weight excluding hydrogens is 318 g/mol. The number of hydrogen-bond donors (Lipinski definition) is 0. The van der Waals surface area contributed by atoms with Crippen molar-refractivity contribution in [1.29, 1.82) is 0 Å². The van der Waals surface area contributed by atoms with Crippen molar-refractivity contribution >= 4 is 0 Å². The number of hydrogen-bond acceptors (Lipinski definition) is 6.